The number of benzene rings is 2. The van der Waals surface area contributed by atoms with Gasteiger partial charge in [-0.15, -0.1) is 0 Å². The first-order valence-electron chi connectivity index (χ1n) is 6.97. The fourth-order valence-electron chi connectivity index (χ4n) is 2.61. The zero-order chi connectivity index (χ0) is 16.0. The zero-order valence-corrected chi connectivity index (χ0v) is 12.9. The van der Waals surface area contributed by atoms with E-state index in [4.69, 9.17) is 25.2 Å². The lowest BCUT2D eigenvalue weighted by molar-refractivity contribution is 0.415. The van der Waals surface area contributed by atoms with E-state index in [2.05, 4.69) is 0 Å². The van der Waals surface area contributed by atoms with Crippen molar-refractivity contribution in [3.05, 3.63) is 64.0 Å². The molecule has 0 aliphatic heterocycles. The number of hydrogen-bond acceptors (Lipinski definition) is 4. The van der Waals surface area contributed by atoms with Crippen LogP contribution in [0.15, 0.2) is 62.2 Å². The van der Waals surface area contributed by atoms with Crippen LogP contribution in [-0.4, -0.2) is 7.11 Å². The maximum absolute atomic E-state index is 12.2. The molecule has 0 aliphatic rings. The molecule has 23 heavy (non-hydrogen) atoms. The van der Waals surface area contributed by atoms with Crippen molar-refractivity contribution in [2.45, 2.75) is 0 Å². The lowest BCUT2D eigenvalue weighted by Gasteiger charge is -2.01. The maximum Gasteiger partial charge on any atom is 0.349 e. The summed E-state index contributed by atoms with van der Waals surface area (Å²) in [5.41, 5.74) is 1.16. The number of para-hydroxylation sites is 1. The minimum atomic E-state index is -0.507. The van der Waals surface area contributed by atoms with Gasteiger partial charge in [-0.2, -0.15) is 0 Å². The smallest absolute Gasteiger partial charge is 0.349 e. The van der Waals surface area contributed by atoms with Crippen LogP contribution in [-0.2, 0) is 0 Å². The standard InChI is InChI=1S/C18H11ClO4/c1-21-11-8-6-10(7-9-11)16-15(19)14-17(23-16)12-4-2-3-5-13(12)22-18(14)20/h2-9H,1H3. The number of methoxy groups -OCH3 is 1. The molecule has 0 amide bonds. The van der Waals surface area contributed by atoms with Crippen LogP contribution >= 0.6 is 11.6 Å². The van der Waals surface area contributed by atoms with Crippen LogP contribution in [0.2, 0.25) is 5.02 Å². The first kappa shape index (κ1) is 13.9. The molecule has 0 spiro atoms. The van der Waals surface area contributed by atoms with Gasteiger partial charge in [-0.1, -0.05) is 23.7 Å². The van der Waals surface area contributed by atoms with Crippen LogP contribution in [0.5, 0.6) is 5.75 Å². The molecule has 0 N–H and O–H groups in total. The Hall–Kier alpha value is -2.72. The Morgan fingerprint density at radius 3 is 2.48 bits per heavy atom. The van der Waals surface area contributed by atoms with Crippen LogP contribution in [0, 0.1) is 0 Å². The van der Waals surface area contributed by atoms with Gasteiger partial charge in [-0.05, 0) is 36.4 Å². The summed E-state index contributed by atoms with van der Waals surface area (Å²) in [5, 5.41) is 1.23. The zero-order valence-electron chi connectivity index (χ0n) is 12.1. The molecule has 0 aliphatic carbocycles. The van der Waals surface area contributed by atoms with Gasteiger partial charge < -0.3 is 13.6 Å². The SMILES string of the molecule is COc1ccc(-c2oc3c(c2Cl)c(=O)oc2ccccc23)cc1. The summed E-state index contributed by atoms with van der Waals surface area (Å²) >= 11 is 6.39. The minimum Gasteiger partial charge on any atom is -0.497 e. The Kier molecular flexibility index (Phi) is 3.13. The lowest BCUT2D eigenvalue weighted by Crippen LogP contribution is -1.98. The highest BCUT2D eigenvalue weighted by Crippen LogP contribution is 2.38. The average molecular weight is 327 g/mol. The van der Waals surface area contributed by atoms with Crippen LogP contribution in [0.25, 0.3) is 33.3 Å². The molecule has 114 valence electrons. The number of fused-ring (bicyclic) bond motifs is 3. The van der Waals surface area contributed by atoms with Gasteiger partial charge in [0.15, 0.2) is 11.3 Å². The summed E-state index contributed by atoms with van der Waals surface area (Å²) in [7, 11) is 1.60. The molecule has 0 atom stereocenters. The Morgan fingerprint density at radius 1 is 1.00 bits per heavy atom. The topological polar surface area (TPSA) is 52.6 Å². The van der Waals surface area contributed by atoms with E-state index in [1.54, 1.807) is 31.4 Å². The van der Waals surface area contributed by atoms with Gasteiger partial charge in [0.2, 0.25) is 0 Å². The van der Waals surface area contributed by atoms with E-state index in [0.29, 0.717) is 22.3 Å². The largest absolute Gasteiger partial charge is 0.497 e. The predicted octanol–water partition coefficient (Wildman–Crippen LogP) is 4.87. The first-order chi connectivity index (χ1) is 11.2. The molecule has 5 heteroatoms. The van der Waals surface area contributed by atoms with Crippen LogP contribution in [0.3, 0.4) is 0 Å². The van der Waals surface area contributed by atoms with Gasteiger partial charge in [0.05, 0.1) is 12.5 Å². The molecule has 2 aromatic heterocycles. The van der Waals surface area contributed by atoms with Crippen molar-refractivity contribution in [3.63, 3.8) is 0 Å². The van der Waals surface area contributed by atoms with Gasteiger partial charge in [-0.25, -0.2) is 4.79 Å². The Balaban J connectivity index is 2.05. The molecular formula is C18H11ClO4. The number of ether oxygens (including phenoxy) is 1. The first-order valence-corrected chi connectivity index (χ1v) is 7.35. The molecule has 0 fully saturated rings. The lowest BCUT2D eigenvalue weighted by atomic mass is 10.1. The van der Waals surface area contributed by atoms with Crippen molar-refractivity contribution in [3.8, 4) is 17.1 Å². The third-order valence-corrected chi connectivity index (χ3v) is 4.10. The second-order valence-electron chi connectivity index (χ2n) is 5.06. The van der Waals surface area contributed by atoms with Crippen molar-refractivity contribution in [2.24, 2.45) is 0 Å². The number of furan rings is 1. The van der Waals surface area contributed by atoms with Gasteiger partial charge in [0.25, 0.3) is 0 Å². The van der Waals surface area contributed by atoms with Crippen LogP contribution < -0.4 is 10.4 Å². The molecular weight excluding hydrogens is 316 g/mol. The highest BCUT2D eigenvalue weighted by molar-refractivity contribution is 6.38. The normalized spacial score (nSPS) is 11.2. The molecule has 4 nitrogen and oxygen atoms in total. The summed E-state index contributed by atoms with van der Waals surface area (Å²) in [5.74, 6) is 1.17. The minimum absolute atomic E-state index is 0.254. The van der Waals surface area contributed by atoms with Gasteiger partial charge >= 0.3 is 5.63 Å². The average Bonchev–Trinajstić information content (AvgIpc) is 2.93. The summed E-state index contributed by atoms with van der Waals surface area (Å²) < 4.78 is 16.4. The highest BCUT2D eigenvalue weighted by Gasteiger charge is 2.20. The molecule has 2 aromatic carbocycles. The van der Waals surface area contributed by atoms with Gasteiger partial charge in [-0.3, -0.25) is 0 Å². The molecule has 4 rings (SSSR count). The summed E-state index contributed by atoms with van der Waals surface area (Å²) in [6, 6.07) is 14.5. The molecule has 0 bridgehead atoms. The van der Waals surface area contributed by atoms with Crippen molar-refractivity contribution in [2.75, 3.05) is 7.11 Å². The highest BCUT2D eigenvalue weighted by atomic mass is 35.5. The maximum atomic E-state index is 12.2. The van der Waals surface area contributed by atoms with E-state index in [1.165, 1.54) is 0 Å². The summed E-state index contributed by atoms with van der Waals surface area (Å²) in [6.07, 6.45) is 0. The Bertz CT molecular complexity index is 1070. The monoisotopic (exact) mass is 326 g/mol. The van der Waals surface area contributed by atoms with Crippen molar-refractivity contribution < 1.29 is 13.6 Å². The molecule has 0 saturated carbocycles. The third kappa shape index (κ3) is 2.11. The Labute approximate surface area is 135 Å². The summed E-state index contributed by atoms with van der Waals surface area (Å²) in [4.78, 5) is 12.2. The molecule has 0 saturated heterocycles. The van der Waals surface area contributed by atoms with Crippen molar-refractivity contribution in [1.29, 1.82) is 0 Å². The van der Waals surface area contributed by atoms with Crippen molar-refractivity contribution in [1.82, 2.24) is 0 Å². The molecule has 2 heterocycles. The van der Waals surface area contributed by atoms with E-state index < -0.39 is 5.63 Å². The van der Waals surface area contributed by atoms with E-state index in [9.17, 15) is 4.79 Å². The van der Waals surface area contributed by atoms with Gasteiger partial charge in [0.1, 0.15) is 21.7 Å². The fourth-order valence-corrected chi connectivity index (χ4v) is 2.92. The second-order valence-corrected chi connectivity index (χ2v) is 5.44. The number of hydrogen-bond donors (Lipinski definition) is 0. The van der Waals surface area contributed by atoms with Crippen LogP contribution in [0.4, 0.5) is 0 Å². The van der Waals surface area contributed by atoms with Crippen LogP contribution in [0.1, 0.15) is 0 Å². The number of halogens is 1. The van der Waals surface area contributed by atoms with E-state index in [-0.39, 0.29) is 10.4 Å². The Morgan fingerprint density at radius 2 is 1.74 bits per heavy atom. The molecule has 0 radical (unpaired) electrons. The quantitative estimate of drug-likeness (QED) is 0.493. The fraction of sp³-hybridized carbons (Fsp3) is 0.0556. The van der Waals surface area contributed by atoms with Crippen molar-refractivity contribution >= 4 is 33.5 Å². The van der Waals surface area contributed by atoms with Gasteiger partial charge in [0, 0.05) is 5.56 Å². The summed E-state index contributed by atoms with van der Waals surface area (Å²) in [6.45, 7) is 0. The third-order valence-electron chi connectivity index (χ3n) is 3.74. The van der Waals surface area contributed by atoms with E-state index in [0.717, 1.165) is 11.3 Å². The molecule has 0 unspecified atom stereocenters. The second kappa shape index (κ2) is 5.18. The molecule has 4 aromatic rings. The van der Waals surface area contributed by atoms with E-state index in [1.807, 2.05) is 24.3 Å². The predicted molar refractivity (Wildman–Crippen MR) is 89.3 cm³/mol. The number of rotatable bonds is 2. The van der Waals surface area contributed by atoms with E-state index >= 15 is 0 Å².